The van der Waals surface area contributed by atoms with Crippen LogP contribution in [0, 0.1) is 0 Å². The Morgan fingerprint density at radius 1 is 1.47 bits per heavy atom. The van der Waals surface area contributed by atoms with Crippen LogP contribution in [0.25, 0.3) is 10.2 Å². The molecule has 2 aromatic rings. The van der Waals surface area contributed by atoms with Gasteiger partial charge in [0.2, 0.25) is 0 Å². The number of nitrogens with zero attached hydrogens (tertiary/aromatic N) is 1. The first-order valence-electron chi connectivity index (χ1n) is 4.28. The van der Waals surface area contributed by atoms with Crippen LogP contribution < -0.4 is 5.73 Å². The summed E-state index contributed by atoms with van der Waals surface area (Å²) in [5, 5.41) is 0. The van der Waals surface area contributed by atoms with E-state index in [4.69, 9.17) is 5.73 Å². The van der Waals surface area contributed by atoms with Gasteiger partial charge in [-0.1, -0.05) is 0 Å². The molecule has 2 rings (SSSR count). The van der Waals surface area contributed by atoms with Gasteiger partial charge in [-0.25, -0.2) is 8.42 Å². The molecular formula is C9H10N2O4S2. The van der Waals surface area contributed by atoms with Gasteiger partial charge in [0.1, 0.15) is 4.21 Å². The van der Waals surface area contributed by atoms with Gasteiger partial charge in [0.05, 0.1) is 15.8 Å². The highest BCUT2D eigenvalue weighted by Crippen LogP contribution is 2.32. The Kier molecular flexibility index (Phi) is 3.51. The summed E-state index contributed by atoms with van der Waals surface area (Å²) in [6.07, 6.45) is 2.54. The first-order valence-corrected chi connectivity index (χ1v) is 6.99. The lowest BCUT2D eigenvalue weighted by molar-refractivity contribution is 0.0999. The van der Waals surface area contributed by atoms with E-state index in [1.165, 1.54) is 6.20 Å². The lowest BCUT2D eigenvalue weighted by atomic mass is 10.2. The van der Waals surface area contributed by atoms with Crippen LogP contribution >= 0.6 is 11.3 Å². The van der Waals surface area contributed by atoms with E-state index in [0.717, 1.165) is 17.6 Å². The molecule has 0 aliphatic rings. The van der Waals surface area contributed by atoms with E-state index in [-0.39, 0.29) is 15.2 Å². The number of carbonyl (C=O) groups excluding carboxylic acids is 1. The van der Waals surface area contributed by atoms with Gasteiger partial charge in [-0.2, -0.15) is 0 Å². The zero-order valence-electron chi connectivity index (χ0n) is 8.80. The predicted molar refractivity (Wildman–Crippen MR) is 64.9 cm³/mol. The number of rotatable bonds is 2. The standard InChI is InChI=1S/C9H8N2O3S2.H2O/c1-16(13,14)9-6(8(10)12)7-5(15-9)3-2-4-11-7;/h2-4H,1H3,(H2,10,12);1H2. The van der Waals surface area contributed by atoms with Gasteiger partial charge in [0.15, 0.2) is 9.84 Å². The number of hydrogen-bond acceptors (Lipinski definition) is 5. The van der Waals surface area contributed by atoms with Gasteiger partial charge in [-0.15, -0.1) is 11.3 Å². The van der Waals surface area contributed by atoms with Crippen LogP contribution in [-0.4, -0.2) is 31.0 Å². The first-order chi connectivity index (χ1) is 7.41. The fourth-order valence-electron chi connectivity index (χ4n) is 1.39. The van der Waals surface area contributed by atoms with Crippen molar-refractivity contribution in [3.63, 3.8) is 0 Å². The zero-order chi connectivity index (χ0) is 11.9. The molecule has 8 heteroatoms. The highest BCUT2D eigenvalue weighted by Gasteiger charge is 2.24. The molecule has 1 amide bonds. The first kappa shape index (κ1) is 13.6. The molecule has 0 atom stereocenters. The fourth-order valence-corrected chi connectivity index (χ4v) is 3.73. The van der Waals surface area contributed by atoms with E-state index >= 15 is 0 Å². The molecule has 0 saturated carbocycles. The number of amides is 1. The molecule has 6 nitrogen and oxygen atoms in total. The summed E-state index contributed by atoms with van der Waals surface area (Å²) in [5.74, 6) is -0.773. The summed E-state index contributed by atoms with van der Waals surface area (Å²) in [6.45, 7) is 0. The van der Waals surface area contributed by atoms with Crippen LogP contribution in [0.1, 0.15) is 10.4 Å². The third-order valence-electron chi connectivity index (χ3n) is 2.00. The van der Waals surface area contributed by atoms with Crippen LogP contribution in [0.4, 0.5) is 0 Å². The van der Waals surface area contributed by atoms with E-state index in [0.29, 0.717) is 10.2 Å². The summed E-state index contributed by atoms with van der Waals surface area (Å²) in [4.78, 5) is 15.2. The number of hydrogen-bond donors (Lipinski definition) is 1. The Morgan fingerprint density at radius 2 is 2.12 bits per heavy atom. The summed E-state index contributed by atoms with van der Waals surface area (Å²) in [5.41, 5.74) is 5.52. The second kappa shape index (κ2) is 4.40. The third-order valence-corrected chi connectivity index (χ3v) is 4.97. The minimum atomic E-state index is -3.46. The average molecular weight is 274 g/mol. The number of sulfone groups is 1. The molecule has 4 N–H and O–H groups in total. The molecule has 0 aliphatic carbocycles. The minimum Gasteiger partial charge on any atom is -0.412 e. The van der Waals surface area contributed by atoms with Crippen molar-refractivity contribution >= 4 is 37.3 Å². The average Bonchev–Trinajstić information content (AvgIpc) is 2.55. The Hall–Kier alpha value is -1.51. The largest absolute Gasteiger partial charge is 0.412 e. The molecule has 2 heterocycles. The molecule has 0 spiro atoms. The van der Waals surface area contributed by atoms with Crippen molar-refractivity contribution in [2.75, 3.05) is 6.26 Å². The number of primary amides is 1. The zero-order valence-corrected chi connectivity index (χ0v) is 10.4. The van der Waals surface area contributed by atoms with E-state index < -0.39 is 15.7 Å². The topological polar surface area (TPSA) is 122 Å². The van der Waals surface area contributed by atoms with Crippen molar-refractivity contribution in [1.82, 2.24) is 4.98 Å². The molecule has 0 aliphatic heterocycles. The smallest absolute Gasteiger partial charge is 0.253 e. The second-order valence-corrected chi connectivity index (χ2v) is 6.51. The quantitative estimate of drug-likeness (QED) is 0.826. The van der Waals surface area contributed by atoms with Crippen molar-refractivity contribution in [3.05, 3.63) is 23.9 Å². The van der Waals surface area contributed by atoms with E-state index in [2.05, 4.69) is 4.98 Å². The van der Waals surface area contributed by atoms with Crippen LogP contribution in [-0.2, 0) is 9.84 Å². The molecule has 0 radical (unpaired) electrons. The van der Waals surface area contributed by atoms with Gasteiger partial charge in [0, 0.05) is 12.5 Å². The van der Waals surface area contributed by atoms with Crippen LogP contribution in [0.15, 0.2) is 22.5 Å². The number of carbonyl (C=O) groups is 1. The van der Waals surface area contributed by atoms with Crippen molar-refractivity contribution in [3.8, 4) is 0 Å². The highest BCUT2D eigenvalue weighted by atomic mass is 32.2. The van der Waals surface area contributed by atoms with E-state index in [1.54, 1.807) is 12.1 Å². The Morgan fingerprint density at radius 3 is 2.65 bits per heavy atom. The van der Waals surface area contributed by atoms with Crippen LogP contribution in [0.2, 0.25) is 0 Å². The fraction of sp³-hybridized carbons (Fsp3) is 0.111. The molecule has 0 aromatic carbocycles. The van der Waals surface area contributed by atoms with Gasteiger partial charge < -0.3 is 11.2 Å². The second-order valence-electron chi connectivity index (χ2n) is 3.25. The summed E-state index contributed by atoms with van der Waals surface area (Å²) in [6, 6.07) is 3.38. The lowest BCUT2D eigenvalue weighted by Crippen LogP contribution is -2.14. The third kappa shape index (κ3) is 2.28. The minimum absolute atomic E-state index is 0. The highest BCUT2D eigenvalue weighted by molar-refractivity contribution is 7.93. The number of aromatic nitrogens is 1. The van der Waals surface area contributed by atoms with Gasteiger partial charge >= 0.3 is 0 Å². The van der Waals surface area contributed by atoms with Crippen molar-refractivity contribution < 1.29 is 18.7 Å². The van der Waals surface area contributed by atoms with Crippen molar-refractivity contribution in [1.29, 1.82) is 0 Å². The number of pyridine rings is 1. The Labute approximate surface area is 101 Å². The molecular weight excluding hydrogens is 264 g/mol. The van der Waals surface area contributed by atoms with Gasteiger partial charge in [-0.05, 0) is 12.1 Å². The molecule has 0 fully saturated rings. The molecule has 17 heavy (non-hydrogen) atoms. The summed E-state index contributed by atoms with van der Waals surface area (Å²) in [7, 11) is -3.46. The van der Waals surface area contributed by atoms with E-state index in [1.807, 2.05) is 0 Å². The monoisotopic (exact) mass is 274 g/mol. The van der Waals surface area contributed by atoms with Crippen LogP contribution in [0.5, 0.6) is 0 Å². The SMILES string of the molecule is CS(=O)(=O)c1sc2cccnc2c1C(N)=O.O. The molecule has 0 unspecified atom stereocenters. The number of nitrogens with two attached hydrogens (primary N) is 1. The normalized spacial score (nSPS) is 11.1. The van der Waals surface area contributed by atoms with Gasteiger partial charge in [0.25, 0.3) is 5.91 Å². The van der Waals surface area contributed by atoms with Crippen molar-refractivity contribution in [2.45, 2.75) is 4.21 Å². The molecule has 92 valence electrons. The lowest BCUT2D eigenvalue weighted by Gasteiger charge is -1.96. The van der Waals surface area contributed by atoms with Crippen molar-refractivity contribution in [2.24, 2.45) is 5.73 Å². The maximum absolute atomic E-state index is 11.5. The van der Waals surface area contributed by atoms with E-state index in [9.17, 15) is 13.2 Å². The Balaban J connectivity index is 0.00000144. The number of fused-ring (bicyclic) bond motifs is 1. The number of thiophene rings is 1. The van der Waals surface area contributed by atoms with Gasteiger partial charge in [-0.3, -0.25) is 9.78 Å². The molecule has 2 aromatic heterocycles. The maximum Gasteiger partial charge on any atom is 0.253 e. The summed E-state index contributed by atoms with van der Waals surface area (Å²) < 4.78 is 23.6. The predicted octanol–water partition coefficient (Wildman–Crippen LogP) is -0.0260. The summed E-state index contributed by atoms with van der Waals surface area (Å²) >= 11 is 1.01. The maximum atomic E-state index is 11.5. The Bertz CT molecular complexity index is 675. The molecule has 0 bridgehead atoms. The molecule has 0 saturated heterocycles. The van der Waals surface area contributed by atoms with Crippen LogP contribution in [0.3, 0.4) is 0 Å².